The average molecular weight is 578 g/mol. The molecule has 0 amide bonds. The van der Waals surface area contributed by atoms with E-state index in [2.05, 4.69) is 74.0 Å². The van der Waals surface area contributed by atoms with E-state index >= 15 is 0 Å². The fourth-order valence-electron chi connectivity index (χ4n) is 4.29. The Morgan fingerprint density at radius 3 is 2.29 bits per heavy atom. The molecule has 8 heteroatoms. The van der Waals surface area contributed by atoms with Crippen molar-refractivity contribution in [2.24, 2.45) is 4.99 Å². The number of methoxy groups -OCH3 is 1. The Bertz CT molecular complexity index is 919. The molecule has 0 aliphatic carbocycles. The standard InChI is InChI=1S/C26H35N5O2.HI/c1-27-26(28-19-21-5-9-23(10-6-21)30-13-3-4-14-30)29-20-25(31-15-17-33-18-16-31)22-7-11-24(32-2)12-8-22;/h3-12,25H,13-20H2,1-2H3,(H2,27,28,29);1H. The molecule has 7 nitrogen and oxygen atoms in total. The molecule has 0 spiro atoms. The monoisotopic (exact) mass is 577 g/mol. The highest BCUT2D eigenvalue weighted by atomic mass is 127. The van der Waals surface area contributed by atoms with Crippen molar-refractivity contribution >= 4 is 35.6 Å². The zero-order valence-corrected chi connectivity index (χ0v) is 22.4. The van der Waals surface area contributed by atoms with Crippen LogP contribution in [0.3, 0.4) is 0 Å². The smallest absolute Gasteiger partial charge is 0.191 e. The van der Waals surface area contributed by atoms with E-state index in [1.807, 2.05) is 19.2 Å². The summed E-state index contributed by atoms with van der Waals surface area (Å²) in [7, 11) is 3.51. The Balaban J connectivity index is 0.00000324. The van der Waals surface area contributed by atoms with E-state index in [0.717, 1.165) is 64.2 Å². The molecule has 34 heavy (non-hydrogen) atoms. The number of rotatable bonds is 8. The maximum absolute atomic E-state index is 5.57. The van der Waals surface area contributed by atoms with Crippen molar-refractivity contribution in [1.29, 1.82) is 0 Å². The number of nitrogens with one attached hydrogen (secondary N) is 2. The van der Waals surface area contributed by atoms with E-state index < -0.39 is 0 Å². The molecule has 2 aliphatic heterocycles. The minimum Gasteiger partial charge on any atom is -0.497 e. The van der Waals surface area contributed by atoms with Gasteiger partial charge in [-0.3, -0.25) is 9.89 Å². The second-order valence-corrected chi connectivity index (χ2v) is 8.29. The minimum absolute atomic E-state index is 0. The van der Waals surface area contributed by atoms with Crippen LogP contribution in [0.5, 0.6) is 5.75 Å². The summed E-state index contributed by atoms with van der Waals surface area (Å²) in [5.74, 6) is 1.67. The Morgan fingerprint density at radius 1 is 1.00 bits per heavy atom. The van der Waals surface area contributed by atoms with E-state index in [1.54, 1.807) is 7.11 Å². The van der Waals surface area contributed by atoms with Crippen molar-refractivity contribution in [3.63, 3.8) is 0 Å². The van der Waals surface area contributed by atoms with Gasteiger partial charge in [-0.05, 0) is 35.4 Å². The van der Waals surface area contributed by atoms with Crippen LogP contribution in [0.25, 0.3) is 0 Å². The summed E-state index contributed by atoms with van der Waals surface area (Å²) in [6, 6.07) is 17.3. The van der Waals surface area contributed by atoms with Gasteiger partial charge in [-0.2, -0.15) is 0 Å². The molecule has 2 aromatic rings. The number of halogens is 1. The summed E-state index contributed by atoms with van der Waals surface area (Å²) in [6.07, 6.45) is 4.42. The molecule has 4 rings (SSSR count). The van der Waals surface area contributed by atoms with Crippen LogP contribution in [0, 0.1) is 0 Å². The van der Waals surface area contributed by atoms with E-state index in [4.69, 9.17) is 9.47 Å². The molecule has 0 aromatic heterocycles. The lowest BCUT2D eigenvalue weighted by atomic mass is 10.0. The van der Waals surface area contributed by atoms with E-state index in [1.165, 1.54) is 16.8 Å². The summed E-state index contributed by atoms with van der Waals surface area (Å²) in [6.45, 7) is 6.84. The summed E-state index contributed by atoms with van der Waals surface area (Å²) in [5, 5.41) is 6.98. The number of anilines is 1. The summed E-state index contributed by atoms with van der Waals surface area (Å²) >= 11 is 0. The number of morpholine rings is 1. The minimum atomic E-state index is 0. The van der Waals surface area contributed by atoms with Gasteiger partial charge in [0.2, 0.25) is 0 Å². The summed E-state index contributed by atoms with van der Waals surface area (Å²) in [4.78, 5) is 9.26. The second kappa shape index (κ2) is 13.6. The molecule has 2 aromatic carbocycles. The van der Waals surface area contributed by atoms with Gasteiger partial charge in [0.05, 0.1) is 26.4 Å². The Labute approximate surface area is 220 Å². The van der Waals surface area contributed by atoms with Gasteiger partial charge in [0, 0.05) is 52.0 Å². The van der Waals surface area contributed by atoms with Crippen LogP contribution in [0.1, 0.15) is 17.2 Å². The van der Waals surface area contributed by atoms with Crippen molar-refractivity contribution in [2.75, 3.05) is 65.0 Å². The summed E-state index contributed by atoms with van der Waals surface area (Å²) in [5.41, 5.74) is 3.75. The van der Waals surface area contributed by atoms with Crippen LogP contribution in [0.2, 0.25) is 0 Å². The third-order valence-corrected chi connectivity index (χ3v) is 6.25. The van der Waals surface area contributed by atoms with Crippen LogP contribution >= 0.6 is 24.0 Å². The molecule has 2 N–H and O–H groups in total. The molecule has 1 unspecified atom stereocenters. The lowest BCUT2D eigenvalue weighted by Gasteiger charge is -2.35. The van der Waals surface area contributed by atoms with Crippen LogP contribution in [0.15, 0.2) is 65.7 Å². The molecular formula is C26H36IN5O2. The molecule has 2 heterocycles. The van der Waals surface area contributed by atoms with Crippen molar-refractivity contribution in [2.45, 2.75) is 12.6 Å². The molecule has 1 atom stereocenters. The topological polar surface area (TPSA) is 61.4 Å². The highest BCUT2D eigenvalue weighted by molar-refractivity contribution is 14.0. The predicted molar refractivity (Wildman–Crippen MR) is 150 cm³/mol. The molecule has 1 fully saturated rings. The highest BCUT2D eigenvalue weighted by Crippen LogP contribution is 2.24. The van der Waals surface area contributed by atoms with E-state index in [9.17, 15) is 0 Å². The van der Waals surface area contributed by atoms with Crippen LogP contribution in [-0.2, 0) is 11.3 Å². The van der Waals surface area contributed by atoms with Gasteiger partial charge in [-0.25, -0.2) is 0 Å². The number of hydrogen-bond donors (Lipinski definition) is 2. The highest BCUT2D eigenvalue weighted by Gasteiger charge is 2.23. The molecule has 184 valence electrons. The lowest BCUT2D eigenvalue weighted by molar-refractivity contribution is 0.0170. The van der Waals surface area contributed by atoms with E-state index in [0.29, 0.717) is 0 Å². The predicted octanol–water partition coefficient (Wildman–Crippen LogP) is 3.43. The van der Waals surface area contributed by atoms with Crippen LogP contribution in [-0.4, -0.2) is 71.0 Å². The van der Waals surface area contributed by atoms with Crippen LogP contribution in [0.4, 0.5) is 5.69 Å². The number of ether oxygens (including phenoxy) is 2. The lowest BCUT2D eigenvalue weighted by Crippen LogP contribution is -2.46. The molecule has 0 saturated carbocycles. The van der Waals surface area contributed by atoms with Gasteiger partial charge < -0.3 is 25.0 Å². The zero-order chi connectivity index (χ0) is 22.9. The largest absolute Gasteiger partial charge is 0.497 e. The second-order valence-electron chi connectivity index (χ2n) is 8.29. The number of guanidine groups is 1. The van der Waals surface area contributed by atoms with E-state index in [-0.39, 0.29) is 30.0 Å². The molecule has 1 saturated heterocycles. The van der Waals surface area contributed by atoms with Gasteiger partial charge in [0.1, 0.15) is 5.75 Å². The van der Waals surface area contributed by atoms with Crippen molar-refractivity contribution in [1.82, 2.24) is 15.5 Å². The fraction of sp³-hybridized carbons (Fsp3) is 0.423. The molecule has 0 radical (unpaired) electrons. The fourth-order valence-corrected chi connectivity index (χ4v) is 4.29. The first-order valence-corrected chi connectivity index (χ1v) is 11.7. The van der Waals surface area contributed by atoms with Crippen molar-refractivity contribution in [3.05, 3.63) is 71.8 Å². The maximum atomic E-state index is 5.57. The van der Waals surface area contributed by atoms with Gasteiger partial charge in [-0.15, -0.1) is 24.0 Å². The van der Waals surface area contributed by atoms with Gasteiger partial charge in [0.15, 0.2) is 5.96 Å². The Kier molecular flexibility index (Phi) is 10.5. The first kappa shape index (κ1) is 26.3. The first-order valence-electron chi connectivity index (χ1n) is 11.7. The molecule has 2 aliphatic rings. The maximum Gasteiger partial charge on any atom is 0.191 e. The van der Waals surface area contributed by atoms with Crippen molar-refractivity contribution < 1.29 is 9.47 Å². The zero-order valence-electron chi connectivity index (χ0n) is 20.1. The number of nitrogens with zero attached hydrogens (tertiary/aromatic N) is 3. The number of aliphatic imine (C=N–C) groups is 1. The summed E-state index contributed by atoms with van der Waals surface area (Å²) < 4.78 is 10.9. The van der Waals surface area contributed by atoms with Gasteiger partial charge in [-0.1, -0.05) is 36.4 Å². The number of hydrogen-bond acceptors (Lipinski definition) is 5. The third-order valence-electron chi connectivity index (χ3n) is 6.25. The molecular weight excluding hydrogens is 541 g/mol. The third kappa shape index (κ3) is 7.10. The van der Waals surface area contributed by atoms with Crippen molar-refractivity contribution in [3.8, 4) is 5.75 Å². The quantitative estimate of drug-likeness (QED) is 0.217. The Morgan fingerprint density at radius 2 is 1.68 bits per heavy atom. The van der Waals surface area contributed by atoms with Gasteiger partial charge >= 0.3 is 0 Å². The average Bonchev–Trinajstić information content (AvgIpc) is 3.42. The van der Waals surface area contributed by atoms with Crippen LogP contribution < -0.4 is 20.3 Å². The number of benzene rings is 2. The van der Waals surface area contributed by atoms with Gasteiger partial charge in [0.25, 0.3) is 0 Å². The molecule has 0 bridgehead atoms. The first-order chi connectivity index (χ1) is 16.3. The Hall–Kier alpha value is -2.30. The normalized spacial score (nSPS) is 17.2. The SMILES string of the molecule is CN=C(NCc1ccc(N2CC=CC2)cc1)NCC(c1ccc(OC)cc1)N1CCOCC1.I.